The predicted octanol–water partition coefficient (Wildman–Crippen LogP) is 3.74. The minimum Gasteiger partial charge on any atom is -0.348 e. The molecular formula is C16H27N3S. The fraction of sp³-hybridized carbons (Fsp3) is 0.812. The third kappa shape index (κ3) is 2.86. The van der Waals surface area contributed by atoms with E-state index in [-0.39, 0.29) is 6.04 Å². The molecule has 0 spiro atoms. The van der Waals surface area contributed by atoms with Crippen LogP contribution in [0.1, 0.15) is 62.6 Å². The van der Waals surface area contributed by atoms with Crippen molar-refractivity contribution in [1.29, 1.82) is 0 Å². The molecule has 1 fully saturated rings. The lowest BCUT2D eigenvalue weighted by atomic mass is 9.89. The van der Waals surface area contributed by atoms with Crippen LogP contribution < -0.4 is 10.6 Å². The topological polar surface area (TPSA) is 42.2 Å². The zero-order chi connectivity index (χ0) is 14.1. The lowest BCUT2D eigenvalue weighted by Crippen LogP contribution is -2.24. The Bertz CT molecular complexity index is 455. The van der Waals surface area contributed by atoms with Gasteiger partial charge in [0, 0.05) is 24.0 Å². The molecule has 2 atom stereocenters. The molecule has 0 amide bonds. The summed E-state index contributed by atoms with van der Waals surface area (Å²) in [4.78, 5) is 8.85. The molecule has 4 heteroatoms. The molecule has 1 aliphatic carbocycles. The minimum atomic E-state index is 0.180. The number of nitrogens with zero attached hydrogens (tertiary/aromatic N) is 2. The molecule has 1 aromatic rings. The molecule has 2 aliphatic rings. The number of thiazole rings is 1. The number of fused-ring (bicyclic) bond motifs is 1. The summed E-state index contributed by atoms with van der Waals surface area (Å²) in [5.41, 5.74) is 7.40. The molecule has 0 radical (unpaired) electrons. The van der Waals surface area contributed by atoms with Crippen molar-refractivity contribution in [3.05, 3.63) is 10.6 Å². The van der Waals surface area contributed by atoms with Gasteiger partial charge in [-0.05, 0) is 50.4 Å². The molecule has 3 rings (SSSR count). The number of anilines is 1. The van der Waals surface area contributed by atoms with Gasteiger partial charge in [0.05, 0.1) is 5.69 Å². The van der Waals surface area contributed by atoms with Gasteiger partial charge in [-0.2, -0.15) is 0 Å². The van der Waals surface area contributed by atoms with E-state index in [1.165, 1.54) is 60.9 Å². The Kier molecular flexibility index (Phi) is 4.32. The smallest absolute Gasteiger partial charge is 0.185 e. The Morgan fingerprint density at radius 2 is 2.05 bits per heavy atom. The van der Waals surface area contributed by atoms with Gasteiger partial charge in [-0.1, -0.05) is 13.8 Å². The van der Waals surface area contributed by atoms with Gasteiger partial charge in [-0.15, -0.1) is 11.3 Å². The zero-order valence-corrected chi connectivity index (χ0v) is 13.6. The van der Waals surface area contributed by atoms with Crippen molar-refractivity contribution in [3.63, 3.8) is 0 Å². The molecule has 112 valence electrons. The van der Waals surface area contributed by atoms with Crippen LogP contribution in [0.15, 0.2) is 0 Å². The lowest BCUT2D eigenvalue weighted by molar-refractivity contribution is 0.351. The van der Waals surface area contributed by atoms with Crippen LogP contribution in [0.2, 0.25) is 0 Å². The van der Waals surface area contributed by atoms with Crippen LogP contribution in [-0.4, -0.2) is 18.1 Å². The normalized spacial score (nSPS) is 27.5. The van der Waals surface area contributed by atoms with Crippen LogP contribution in [0, 0.1) is 11.8 Å². The van der Waals surface area contributed by atoms with Crippen LogP contribution in [0.3, 0.4) is 0 Å². The number of aromatic nitrogens is 1. The van der Waals surface area contributed by atoms with E-state index in [9.17, 15) is 0 Å². The van der Waals surface area contributed by atoms with E-state index >= 15 is 0 Å². The summed E-state index contributed by atoms with van der Waals surface area (Å²) in [5, 5.41) is 1.23. The van der Waals surface area contributed by atoms with E-state index < -0.39 is 0 Å². The number of aryl methyl sites for hydroxylation is 1. The second-order valence-electron chi connectivity index (χ2n) is 6.73. The molecule has 1 aromatic heterocycles. The Morgan fingerprint density at radius 1 is 1.20 bits per heavy atom. The third-order valence-electron chi connectivity index (χ3n) is 4.97. The molecule has 0 aromatic carbocycles. The highest BCUT2D eigenvalue weighted by molar-refractivity contribution is 7.15. The van der Waals surface area contributed by atoms with Crippen molar-refractivity contribution in [2.75, 3.05) is 18.0 Å². The second-order valence-corrected chi connectivity index (χ2v) is 7.79. The van der Waals surface area contributed by atoms with Gasteiger partial charge in [0.25, 0.3) is 0 Å². The first-order valence-corrected chi connectivity index (χ1v) is 8.97. The summed E-state index contributed by atoms with van der Waals surface area (Å²) in [5.74, 6) is 1.70. The molecule has 2 heterocycles. The molecule has 1 saturated heterocycles. The van der Waals surface area contributed by atoms with Crippen LogP contribution in [-0.2, 0) is 6.42 Å². The summed E-state index contributed by atoms with van der Waals surface area (Å²) < 4.78 is 0. The predicted molar refractivity (Wildman–Crippen MR) is 86.4 cm³/mol. The zero-order valence-electron chi connectivity index (χ0n) is 12.8. The van der Waals surface area contributed by atoms with Crippen molar-refractivity contribution in [1.82, 2.24) is 4.98 Å². The average molecular weight is 293 g/mol. The Morgan fingerprint density at radius 3 is 2.80 bits per heavy atom. The van der Waals surface area contributed by atoms with Crippen molar-refractivity contribution >= 4 is 16.5 Å². The van der Waals surface area contributed by atoms with Gasteiger partial charge in [-0.25, -0.2) is 4.98 Å². The maximum atomic E-state index is 6.21. The van der Waals surface area contributed by atoms with E-state index in [0.29, 0.717) is 0 Å². The van der Waals surface area contributed by atoms with E-state index in [4.69, 9.17) is 10.7 Å². The van der Waals surface area contributed by atoms with Crippen molar-refractivity contribution in [2.24, 2.45) is 17.6 Å². The maximum absolute atomic E-state index is 6.21. The first-order valence-electron chi connectivity index (χ1n) is 8.15. The first kappa shape index (κ1) is 14.3. The Hall–Kier alpha value is -0.610. The third-order valence-corrected chi connectivity index (χ3v) is 6.16. The van der Waals surface area contributed by atoms with Crippen molar-refractivity contribution < 1.29 is 0 Å². The maximum Gasteiger partial charge on any atom is 0.185 e. The van der Waals surface area contributed by atoms with E-state index in [0.717, 1.165) is 18.3 Å². The van der Waals surface area contributed by atoms with Gasteiger partial charge in [0.15, 0.2) is 5.13 Å². The number of hydrogen-bond donors (Lipinski definition) is 1. The largest absolute Gasteiger partial charge is 0.348 e. The molecule has 2 N–H and O–H groups in total. The summed E-state index contributed by atoms with van der Waals surface area (Å²) in [6, 6.07) is 0.180. The monoisotopic (exact) mass is 293 g/mol. The molecule has 1 aliphatic heterocycles. The van der Waals surface area contributed by atoms with Gasteiger partial charge < -0.3 is 10.6 Å². The van der Waals surface area contributed by atoms with Crippen molar-refractivity contribution in [2.45, 2.75) is 58.4 Å². The highest BCUT2D eigenvalue weighted by Gasteiger charge is 2.25. The number of rotatable bonds is 2. The standard InChI is InChI=1S/C16H27N3S/c1-11(2)12-5-4-9-19(10-8-12)16-18-15-13(17)6-3-7-14(15)20-16/h11-13H,3-10,17H2,1-2H3. The second kappa shape index (κ2) is 6.02. The Balaban J connectivity index is 1.73. The van der Waals surface area contributed by atoms with Crippen LogP contribution >= 0.6 is 11.3 Å². The van der Waals surface area contributed by atoms with Crippen LogP contribution in [0.25, 0.3) is 0 Å². The average Bonchev–Trinajstić information content (AvgIpc) is 2.70. The molecule has 20 heavy (non-hydrogen) atoms. The fourth-order valence-electron chi connectivity index (χ4n) is 3.55. The highest BCUT2D eigenvalue weighted by atomic mass is 32.1. The van der Waals surface area contributed by atoms with Crippen molar-refractivity contribution in [3.8, 4) is 0 Å². The summed E-state index contributed by atoms with van der Waals surface area (Å²) in [6.45, 7) is 7.07. The Labute approximate surface area is 126 Å². The van der Waals surface area contributed by atoms with E-state index in [2.05, 4.69) is 18.7 Å². The van der Waals surface area contributed by atoms with Gasteiger partial charge in [0.2, 0.25) is 0 Å². The lowest BCUT2D eigenvalue weighted by Gasteiger charge is -2.20. The van der Waals surface area contributed by atoms with Gasteiger partial charge in [-0.3, -0.25) is 0 Å². The summed E-state index contributed by atoms with van der Waals surface area (Å²) in [6.07, 6.45) is 7.51. The molecule has 0 saturated carbocycles. The quantitative estimate of drug-likeness (QED) is 0.903. The first-order chi connectivity index (χ1) is 9.65. The van der Waals surface area contributed by atoms with Gasteiger partial charge >= 0.3 is 0 Å². The van der Waals surface area contributed by atoms with Crippen LogP contribution in [0.4, 0.5) is 5.13 Å². The number of hydrogen-bond acceptors (Lipinski definition) is 4. The molecule has 3 nitrogen and oxygen atoms in total. The summed E-state index contributed by atoms with van der Waals surface area (Å²) >= 11 is 1.90. The number of nitrogens with two attached hydrogens (primary N) is 1. The molecule has 2 unspecified atom stereocenters. The van der Waals surface area contributed by atoms with Crippen LogP contribution in [0.5, 0.6) is 0 Å². The molecule has 0 bridgehead atoms. The fourth-order valence-corrected chi connectivity index (χ4v) is 4.78. The van der Waals surface area contributed by atoms with E-state index in [1.54, 1.807) is 0 Å². The SMILES string of the molecule is CC(C)C1CCCN(c2nc3c(s2)CCCC3N)CC1. The molecular weight excluding hydrogens is 266 g/mol. The summed E-state index contributed by atoms with van der Waals surface area (Å²) in [7, 11) is 0. The van der Waals surface area contributed by atoms with Gasteiger partial charge in [0.1, 0.15) is 0 Å². The highest BCUT2D eigenvalue weighted by Crippen LogP contribution is 2.37. The van der Waals surface area contributed by atoms with E-state index in [1.807, 2.05) is 11.3 Å². The minimum absolute atomic E-state index is 0.180.